The Hall–Kier alpha value is -2.66. The van der Waals surface area contributed by atoms with Gasteiger partial charge in [0.25, 0.3) is 0 Å². The second-order valence-corrected chi connectivity index (χ2v) is 6.48. The van der Waals surface area contributed by atoms with Crippen molar-refractivity contribution in [3.8, 4) is 17.2 Å². The van der Waals surface area contributed by atoms with E-state index in [4.69, 9.17) is 9.15 Å². The van der Waals surface area contributed by atoms with E-state index in [1.54, 1.807) is 0 Å². The van der Waals surface area contributed by atoms with Crippen LogP contribution >= 0.6 is 0 Å². The molecule has 0 radical (unpaired) electrons. The number of benzene rings is 2. The molecular formula is C21H25N3O2. The number of aromatic nitrogens is 2. The van der Waals surface area contributed by atoms with Gasteiger partial charge in [-0.2, -0.15) is 0 Å². The van der Waals surface area contributed by atoms with Crippen LogP contribution in [0.5, 0.6) is 5.75 Å². The van der Waals surface area contributed by atoms with Crippen LogP contribution in [0.2, 0.25) is 0 Å². The van der Waals surface area contributed by atoms with Crippen molar-refractivity contribution in [2.45, 2.75) is 26.3 Å². The van der Waals surface area contributed by atoms with Crippen LogP contribution in [0.1, 0.15) is 30.8 Å². The minimum atomic E-state index is 0.0541. The standard InChI is InChI=1S/C21H25N3O2/c1-16-10-12-18(13-11-16)21-23-22-20(26-21)17(2)24(3)14-7-15-25-19-8-5-4-6-9-19/h4-6,8-13,17H,7,14-15H2,1-3H3. The summed E-state index contributed by atoms with van der Waals surface area (Å²) in [6.07, 6.45) is 0.925. The number of hydrogen-bond acceptors (Lipinski definition) is 5. The fraction of sp³-hybridized carbons (Fsp3) is 0.333. The van der Waals surface area contributed by atoms with Crippen LogP contribution in [0.15, 0.2) is 59.0 Å². The van der Waals surface area contributed by atoms with Gasteiger partial charge in [-0.05, 0) is 51.6 Å². The Morgan fingerprint density at radius 1 is 1.04 bits per heavy atom. The first-order valence-corrected chi connectivity index (χ1v) is 8.92. The molecule has 1 heterocycles. The molecule has 3 aromatic rings. The molecule has 0 spiro atoms. The molecule has 0 aliphatic rings. The van der Waals surface area contributed by atoms with Crippen molar-refractivity contribution < 1.29 is 9.15 Å². The molecule has 0 N–H and O–H groups in total. The Morgan fingerprint density at radius 2 is 1.77 bits per heavy atom. The summed E-state index contributed by atoms with van der Waals surface area (Å²) in [4.78, 5) is 2.20. The number of hydrogen-bond donors (Lipinski definition) is 0. The topological polar surface area (TPSA) is 51.4 Å². The van der Waals surface area contributed by atoms with E-state index in [-0.39, 0.29) is 6.04 Å². The van der Waals surface area contributed by atoms with E-state index in [0.717, 1.165) is 24.3 Å². The summed E-state index contributed by atoms with van der Waals surface area (Å²) in [6.45, 7) is 5.70. The SMILES string of the molecule is Cc1ccc(-c2nnc(C(C)N(C)CCCOc3ccccc3)o2)cc1. The molecule has 0 fully saturated rings. The van der Waals surface area contributed by atoms with Gasteiger partial charge in [0.1, 0.15) is 5.75 Å². The van der Waals surface area contributed by atoms with Gasteiger partial charge in [0.05, 0.1) is 12.6 Å². The Kier molecular flexibility index (Phi) is 6.02. The van der Waals surface area contributed by atoms with E-state index in [2.05, 4.69) is 36.0 Å². The number of nitrogens with zero attached hydrogens (tertiary/aromatic N) is 3. The zero-order valence-electron chi connectivity index (χ0n) is 15.6. The highest BCUT2D eigenvalue weighted by Gasteiger charge is 2.18. The minimum absolute atomic E-state index is 0.0541. The van der Waals surface area contributed by atoms with Crippen LogP contribution in [0.25, 0.3) is 11.5 Å². The van der Waals surface area contributed by atoms with E-state index < -0.39 is 0 Å². The number of ether oxygens (including phenoxy) is 1. The molecular weight excluding hydrogens is 326 g/mol. The predicted molar refractivity (Wildman–Crippen MR) is 102 cm³/mol. The second-order valence-electron chi connectivity index (χ2n) is 6.48. The Bertz CT molecular complexity index is 800. The predicted octanol–water partition coefficient (Wildman–Crippen LogP) is 4.51. The minimum Gasteiger partial charge on any atom is -0.494 e. The van der Waals surface area contributed by atoms with Crippen molar-refractivity contribution in [3.05, 3.63) is 66.1 Å². The fourth-order valence-electron chi connectivity index (χ4n) is 2.62. The van der Waals surface area contributed by atoms with E-state index in [1.807, 2.05) is 54.6 Å². The smallest absolute Gasteiger partial charge is 0.247 e. The van der Waals surface area contributed by atoms with Crippen LogP contribution in [-0.4, -0.2) is 35.3 Å². The molecule has 1 atom stereocenters. The molecule has 0 aliphatic heterocycles. The monoisotopic (exact) mass is 351 g/mol. The highest BCUT2D eigenvalue weighted by molar-refractivity contribution is 5.52. The summed E-state index contributed by atoms with van der Waals surface area (Å²) in [5.41, 5.74) is 2.15. The Balaban J connectivity index is 1.50. The molecule has 0 saturated carbocycles. The Morgan fingerprint density at radius 3 is 2.50 bits per heavy atom. The molecule has 5 heteroatoms. The van der Waals surface area contributed by atoms with Crippen LogP contribution in [0.4, 0.5) is 0 Å². The summed E-state index contributed by atoms with van der Waals surface area (Å²) in [5.74, 6) is 2.10. The molecule has 0 saturated heterocycles. The zero-order valence-corrected chi connectivity index (χ0v) is 15.6. The lowest BCUT2D eigenvalue weighted by atomic mass is 10.1. The molecule has 1 aromatic heterocycles. The van der Waals surface area contributed by atoms with Gasteiger partial charge in [-0.25, -0.2) is 0 Å². The third kappa shape index (κ3) is 4.70. The maximum atomic E-state index is 5.87. The maximum absolute atomic E-state index is 5.87. The first-order chi connectivity index (χ1) is 12.6. The third-order valence-electron chi connectivity index (χ3n) is 4.42. The lowest BCUT2D eigenvalue weighted by molar-refractivity contribution is 0.203. The Labute approximate surface area is 154 Å². The normalized spacial score (nSPS) is 12.3. The van der Waals surface area contributed by atoms with Crippen LogP contribution < -0.4 is 4.74 Å². The molecule has 0 amide bonds. The van der Waals surface area contributed by atoms with Gasteiger partial charge >= 0.3 is 0 Å². The van der Waals surface area contributed by atoms with Crippen molar-refractivity contribution in [2.24, 2.45) is 0 Å². The van der Waals surface area contributed by atoms with Crippen molar-refractivity contribution in [3.63, 3.8) is 0 Å². The molecule has 0 bridgehead atoms. The number of rotatable bonds is 8. The third-order valence-corrected chi connectivity index (χ3v) is 4.42. The van der Waals surface area contributed by atoms with E-state index in [0.29, 0.717) is 18.4 Å². The van der Waals surface area contributed by atoms with Gasteiger partial charge in [-0.15, -0.1) is 10.2 Å². The molecule has 1 unspecified atom stereocenters. The first-order valence-electron chi connectivity index (χ1n) is 8.92. The van der Waals surface area contributed by atoms with E-state index >= 15 is 0 Å². The number of aryl methyl sites for hydroxylation is 1. The number of para-hydroxylation sites is 1. The maximum Gasteiger partial charge on any atom is 0.247 e. The molecule has 5 nitrogen and oxygen atoms in total. The van der Waals surface area contributed by atoms with Gasteiger partial charge in [-0.1, -0.05) is 35.9 Å². The molecule has 2 aromatic carbocycles. The van der Waals surface area contributed by atoms with Gasteiger partial charge in [-0.3, -0.25) is 4.90 Å². The molecule has 3 rings (SSSR count). The van der Waals surface area contributed by atoms with Crippen molar-refractivity contribution in [2.75, 3.05) is 20.2 Å². The molecule has 26 heavy (non-hydrogen) atoms. The van der Waals surface area contributed by atoms with Crippen molar-refractivity contribution in [1.29, 1.82) is 0 Å². The van der Waals surface area contributed by atoms with Crippen LogP contribution in [0.3, 0.4) is 0 Å². The van der Waals surface area contributed by atoms with E-state index in [1.165, 1.54) is 5.56 Å². The van der Waals surface area contributed by atoms with Gasteiger partial charge in [0.15, 0.2) is 0 Å². The fourth-order valence-corrected chi connectivity index (χ4v) is 2.62. The summed E-state index contributed by atoms with van der Waals surface area (Å²) in [5, 5.41) is 8.41. The largest absolute Gasteiger partial charge is 0.494 e. The zero-order chi connectivity index (χ0) is 18.4. The first kappa shape index (κ1) is 18.1. The summed E-state index contributed by atoms with van der Waals surface area (Å²) < 4.78 is 11.6. The summed E-state index contributed by atoms with van der Waals surface area (Å²) in [6, 6.07) is 18.0. The van der Waals surface area contributed by atoms with Crippen LogP contribution in [0, 0.1) is 6.92 Å². The quantitative estimate of drug-likeness (QED) is 0.559. The molecule has 0 aliphatic carbocycles. The summed E-state index contributed by atoms with van der Waals surface area (Å²) in [7, 11) is 2.06. The molecule has 136 valence electrons. The van der Waals surface area contributed by atoms with Crippen molar-refractivity contribution >= 4 is 0 Å². The lowest BCUT2D eigenvalue weighted by Gasteiger charge is -2.21. The average Bonchev–Trinajstić information content (AvgIpc) is 3.16. The van der Waals surface area contributed by atoms with Gasteiger partial charge < -0.3 is 9.15 Å². The van der Waals surface area contributed by atoms with Crippen LogP contribution in [-0.2, 0) is 0 Å². The van der Waals surface area contributed by atoms with E-state index in [9.17, 15) is 0 Å². The van der Waals surface area contributed by atoms with Crippen molar-refractivity contribution in [1.82, 2.24) is 15.1 Å². The summed E-state index contributed by atoms with van der Waals surface area (Å²) >= 11 is 0. The highest BCUT2D eigenvalue weighted by Crippen LogP contribution is 2.23. The highest BCUT2D eigenvalue weighted by atomic mass is 16.5. The average molecular weight is 351 g/mol. The lowest BCUT2D eigenvalue weighted by Crippen LogP contribution is -2.25. The van der Waals surface area contributed by atoms with Gasteiger partial charge in [0.2, 0.25) is 11.8 Å². The second kappa shape index (κ2) is 8.63. The van der Waals surface area contributed by atoms with Gasteiger partial charge in [0, 0.05) is 12.1 Å².